The largest absolute Gasteiger partial charge is 0.482 e. The summed E-state index contributed by atoms with van der Waals surface area (Å²) in [5, 5.41) is 7.28. The first-order chi connectivity index (χ1) is 7.83. The zero-order valence-corrected chi connectivity index (χ0v) is 9.26. The standard InChI is InChI=1S/C12H10FNOS/c13-9-1-2-11-10(5-9)14-6-12(15-11)8-3-4-16-7-8/h1-5,7,12,14H,6H2. The highest BCUT2D eigenvalue weighted by molar-refractivity contribution is 7.07. The molecule has 0 saturated carbocycles. The number of fused-ring (bicyclic) bond motifs is 1. The van der Waals surface area contributed by atoms with E-state index in [2.05, 4.69) is 10.7 Å². The second-order valence-corrected chi connectivity index (χ2v) is 4.46. The molecule has 1 atom stereocenters. The van der Waals surface area contributed by atoms with Crippen molar-refractivity contribution in [1.29, 1.82) is 0 Å². The van der Waals surface area contributed by atoms with Crippen molar-refractivity contribution in [1.82, 2.24) is 0 Å². The van der Waals surface area contributed by atoms with E-state index >= 15 is 0 Å². The molecule has 1 N–H and O–H groups in total. The van der Waals surface area contributed by atoms with E-state index in [1.165, 1.54) is 12.1 Å². The highest BCUT2D eigenvalue weighted by Gasteiger charge is 2.21. The van der Waals surface area contributed by atoms with Gasteiger partial charge in [0.15, 0.2) is 0 Å². The van der Waals surface area contributed by atoms with Crippen LogP contribution < -0.4 is 10.1 Å². The van der Waals surface area contributed by atoms with Gasteiger partial charge in [0, 0.05) is 11.6 Å². The quantitative estimate of drug-likeness (QED) is 0.817. The Balaban J connectivity index is 1.89. The fourth-order valence-electron chi connectivity index (χ4n) is 1.78. The summed E-state index contributed by atoms with van der Waals surface area (Å²) in [5.41, 5.74) is 1.89. The molecule has 1 aromatic heterocycles. The molecule has 2 heterocycles. The van der Waals surface area contributed by atoms with Crippen molar-refractivity contribution in [3.8, 4) is 5.75 Å². The molecular formula is C12H10FNOS. The number of rotatable bonds is 1. The average Bonchev–Trinajstić information content (AvgIpc) is 2.82. The first-order valence-electron chi connectivity index (χ1n) is 5.05. The molecule has 2 nitrogen and oxygen atoms in total. The summed E-state index contributed by atoms with van der Waals surface area (Å²) < 4.78 is 18.8. The van der Waals surface area contributed by atoms with Crippen LogP contribution in [0.15, 0.2) is 35.0 Å². The van der Waals surface area contributed by atoms with Crippen molar-refractivity contribution in [2.75, 3.05) is 11.9 Å². The van der Waals surface area contributed by atoms with E-state index in [-0.39, 0.29) is 11.9 Å². The Bertz CT molecular complexity index is 498. The second kappa shape index (κ2) is 3.79. The van der Waals surface area contributed by atoms with E-state index in [1.807, 2.05) is 11.4 Å². The highest BCUT2D eigenvalue weighted by atomic mass is 32.1. The maximum atomic E-state index is 13.0. The topological polar surface area (TPSA) is 21.3 Å². The molecular weight excluding hydrogens is 225 g/mol. The van der Waals surface area contributed by atoms with Gasteiger partial charge in [0.25, 0.3) is 0 Å². The molecule has 0 spiro atoms. The summed E-state index contributed by atoms with van der Waals surface area (Å²) in [6.45, 7) is 0.674. The van der Waals surface area contributed by atoms with Crippen LogP contribution in [0.25, 0.3) is 0 Å². The monoisotopic (exact) mass is 235 g/mol. The maximum absolute atomic E-state index is 13.0. The van der Waals surface area contributed by atoms with Crippen molar-refractivity contribution in [2.24, 2.45) is 0 Å². The molecule has 0 saturated heterocycles. The third-order valence-electron chi connectivity index (χ3n) is 2.60. The van der Waals surface area contributed by atoms with Crippen molar-refractivity contribution in [3.63, 3.8) is 0 Å². The molecule has 16 heavy (non-hydrogen) atoms. The summed E-state index contributed by atoms with van der Waals surface area (Å²) in [6, 6.07) is 6.58. The molecule has 0 amide bonds. The highest BCUT2D eigenvalue weighted by Crippen LogP contribution is 2.34. The number of nitrogens with one attached hydrogen (secondary N) is 1. The van der Waals surface area contributed by atoms with Crippen LogP contribution in [0.3, 0.4) is 0 Å². The van der Waals surface area contributed by atoms with Gasteiger partial charge in [0.1, 0.15) is 17.7 Å². The molecule has 1 aliphatic heterocycles. The lowest BCUT2D eigenvalue weighted by atomic mass is 10.1. The fraction of sp³-hybridized carbons (Fsp3) is 0.167. The maximum Gasteiger partial charge on any atom is 0.143 e. The van der Waals surface area contributed by atoms with Crippen LogP contribution in [0.4, 0.5) is 10.1 Å². The average molecular weight is 235 g/mol. The van der Waals surface area contributed by atoms with E-state index in [0.29, 0.717) is 12.3 Å². The van der Waals surface area contributed by atoms with Crippen LogP contribution in [-0.4, -0.2) is 6.54 Å². The van der Waals surface area contributed by atoms with E-state index in [0.717, 1.165) is 11.3 Å². The third kappa shape index (κ3) is 1.65. The van der Waals surface area contributed by atoms with Gasteiger partial charge in [-0.2, -0.15) is 11.3 Å². The molecule has 0 aliphatic carbocycles. The summed E-state index contributed by atoms with van der Waals surface area (Å²) in [6.07, 6.45) is 0.0178. The molecule has 4 heteroatoms. The molecule has 3 rings (SSSR count). The Morgan fingerprint density at radius 3 is 3.12 bits per heavy atom. The number of ether oxygens (including phenoxy) is 1. The first kappa shape index (κ1) is 9.66. The minimum atomic E-state index is -0.246. The van der Waals surface area contributed by atoms with Crippen LogP contribution in [0.2, 0.25) is 0 Å². The fourth-order valence-corrected chi connectivity index (χ4v) is 2.49. The second-order valence-electron chi connectivity index (χ2n) is 3.68. The predicted molar refractivity (Wildman–Crippen MR) is 62.6 cm³/mol. The van der Waals surface area contributed by atoms with Gasteiger partial charge in [-0.1, -0.05) is 0 Å². The normalized spacial score (nSPS) is 18.4. The summed E-state index contributed by atoms with van der Waals surface area (Å²) in [4.78, 5) is 0. The lowest BCUT2D eigenvalue weighted by Crippen LogP contribution is -2.23. The zero-order valence-electron chi connectivity index (χ0n) is 8.44. The number of hydrogen-bond acceptors (Lipinski definition) is 3. The molecule has 0 radical (unpaired) electrons. The minimum Gasteiger partial charge on any atom is -0.482 e. The van der Waals surface area contributed by atoms with Gasteiger partial charge in [-0.15, -0.1) is 0 Å². The Kier molecular flexibility index (Phi) is 2.29. The van der Waals surface area contributed by atoms with Crippen LogP contribution >= 0.6 is 11.3 Å². The van der Waals surface area contributed by atoms with Gasteiger partial charge >= 0.3 is 0 Å². The number of benzene rings is 1. The van der Waals surface area contributed by atoms with E-state index in [4.69, 9.17) is 4.74 Å². The SMILES string of the molecule is Fc1ccc2c(c1)NCC(c1ccsc1)O2. The Morgan fingerprint density at radius 2 is 2.31 bits per heavy atom. The summed E-state index contributed by atoms with van der Waals surface area (Å²) >= 11 is 1.65. The summed E-state index contributed by atoms with van der Waals surface area (Å²) in [7, 11) is 0. The molecule has 2 aromatic rings. The van der Waals surface area contributed by atoms with Gasteiger partial charge in [0.2, 0.25) is 0 Å². The van der Waals surface area contributed by atoms with Crippen molar-refractivity contribution >= 4 is 17.0 Å². The Hall–Kier alpha value is -1.55. The number of anilines is 1. The predicted octanol–water partition coefficient (Wildman–Crippen LogP) is 3.43. The van der Waals surface area contributed by atoms with Crippen molar-refractivity contribution in [2.45, 2.75) is 6.10 Å². The van der Waals surface area contributed by atoms with Crippen LogP contribution in [-0.2, 0) is 0 Å². The van der Waals surface area contributed by atoms with Gasteiger partial charge in [-0.3, -0.25) is 0 Å². The lowest BCUT2D eigenvalue weighted by Gasteiger charge is -2.26. The first-order valence-corrected chi connectivity index (χ1v) is 5.99. The van der Waals surface area contributed by atoms with Crippen LogP contribution in [0.5, 0.6) is 5.75 Å². The molecule has 0 fully saturated rings. The van der Waals surface area contributed by atoms with E-state index < -0.39 is 0 Å². The lowest BCUT2D eigenvalue weighted by molar-refractivity contribution is 0.210. The minimum absolute atomic E-state index is 0.0178. The van der Waals surface area contributed by atoms with Gasteiger partial charge in [0.05, 0.1) is 12.2 Å². The molecule has 1 aliphatic rings. The van der Waals surface area contributed by atoms with Gasteiger partial charge in [-0.25, -0.2) is 4.39 Å². The van der Waals surface area contributed by atoms with Gasteiger partial charge < -0.3 is 10.1 Å². The zero-order chi connectivity index (χ0) is 11.0. The summed E-state index contributed by atoms with van der Waals surface area (Å²) in [5.74, 6) is 0.465. The Labute approximate surface area is 96.7 Å². The molecule has 82 valence electrons. The number of thiophene rings is 1. The molecule has 0 bridgehead atoms. The smallest absolute Gasteiger partial charge is 0.143 e. The third-order valence-corrected chi connectivity index (χ3v) is 3.31. The van der Waals surface area contributed by atoms with Crippen molar-refractivity contribution < 1.29 is 9.13 Å². The number of hydrogen-bond donors (Lipinski definition) is 1. The Morgan fingerprint density at radius 1 is 1.38 bits per heavy atom. The van der Waals surface area contributed by atoms with Crippen LogP contribution in [0.1, 0.15) is 11.7 Å². The van der Waals surface area contributed by atoms with Crippen molar-refractivity contribution in [3.05, 3.63) is 46.4 Å². The van der Waals surface area contributed by atoms with Crippen LogP contribution in [0, 0.1) is 5.82 Å². The van der Waals surface area contributed by atoms with E-state index in [1.54, 1.807) is 17.4 Å². The van der Waals surface area contributed by atoms with Gasteiger partial charge in [-0.05, 0) is 29.0 Å². The molecule has 1 unspecified atom stereocenters. The molecule has 1 aromatic carbocycles. The van der Waals surface area contributed by atoms with E-state index in [9.17, 15) is 4.39 Å². The number of halogens is 1.